The Balaban J connectivity index is 2.08. The number of halogens is 8. The standard InChI is InChI=1S/C21H14F8N4O2/c1-2-35-15-4-3-13(16(22)17(15)23)14(18(30)34)8-33-9-31-19(32-33)10-5-11(20(24,25)26)7-12(6-10)21(27,28)29/h3-9H,2H2,1H3,(H2,30,34)/b14-8+. The molecule has 186 valence electrons. The molecule has 0 unspecified atom stereocenters. The average Bonchev–Trinajstić information content (AvgIpc) is 3.23. The number of carbonyl (C=O) groups excluding carboxylic acids is 1. The van der Waals surface area contributed by atoms with Crippen molar-refractivity contribution in [2.45, 2.75) is 19.3 Å². The van der Waals surface area contributed by atoms with E-state index in [4.69, 9.17) is 10.5 Å². The fourth-order valence-corrected chi connectivity index (χ4v) is 2.96. The molecule has 0 aliphatic carbocycles. The van der Waals surface area contributed by atoms with Crippen molar-refractivity contribution in [1.29, 1.82) is 0 Å². The summed E-state index contributed by atoms with van der Waals surface area (Å²) in [6, 6.07) is 2.81. The number of nitrogens with zero attached hydrogens (tertiary/aromatic N) is 3. The van der Waals surface area contributed by atoms with Gasteiger partial charge in [0.25, 0.3) is 5.91 Å². The van der Waals surface area contributed by atoms with Crippen LogP contribution in [0.5, 0.6) is 5.75 Å². The minimum Gasteiger partial charge on any atom is -0.491 e. The summed E-state index contributed by atoms with van der Waals surface area (Å²) in [4.78, 5) is 15.5. The van der Waals surface area contributed by atoms with Crippen LogP contribution in [-0.2, 0) is 17.1 Å². The van der Waals surface area contributed by atoms with Gasteiger partial charge < -0.3 is 10.5 Å². The third kappa shape index (κ3) is 5.58. The van der Waals surface area contributed by atoms with Crippen LogP contribution in [0.3, 0.4) is 0 Å². The Morgan fingerprint density at radius 1 is 1.03 bits per heavy atom. The number of ether oxygens (including phenoxy) is 1. The fraction of sp³-hybridized carbons (Fsp3) is 0.190. The number of nitrogens with two attached hydrogens (primary N) is 1. The molecular formula is C21H14F8N4O2. The first-order valence-electron chi connectivity index (χ1n) is 9.56. The first-order valence-corrected chi connectivity index (χ1v) is 9.56. The zero-order chi connectivity index (χ0) is 26.1. The van der Waals surface area contributed by atoms with Crippen molar-refractivity contribution in [3.63, 3.8) is 0 Å². The van der Waals surface area contributed by atoms with E-state index in [2.05, 4.69) is 10.1 Å². The highest BCUT2D eigenvalue weighted by molar-refractivity contribution is 6.22. The second-order valence-corrected chi connectivity index (χ2v) is 6.92. The van der Waals surface area contributed by atoms with Gasteiger partial charge in [0.15, 0.2) is 17.4 Å². The normalized spacial score (nSPS) is 12.7. The number of alkyl halides is 6. The van der Waals surface area contributed by atoms with Gasteiger partial charge in [0.05, 0.1) is 23.3 Å². The smallest absolute Gasteiger partial charge is 0.416 e. The molecule has 2 N–H and O–H groups in total. The Morgan fingerprint density at radius 2 is 1.63 bits per heavy atom. The predicted octanol–water partition coefficient (Wildman–Crippen LogP) is 5.14. The highest BCUT2D eigenvalue weighted by Gasteiger charge is 2.37. The lowest BCUT2D eigenvalue weighted by atomic mass is 10.0. The summed E-state index contributed by atoms with van der Waals surface area (Å²) in [5.41, 5.74) is 0.252. The number of benzene rings is 2. The van der Waals surface area contributed by atoms with Crippen molar-refractivity contribution in [1.82, 2.24) is 14.8 Å². The van der Waals surface area contributed by atoms with Crippen LogP contribution in [0.4, 0.5) is 35.1 Å². The molecule has 2 aromatic carbocycles. The summed E-state index contributed by atoms with van der Waals surface area (Å²) in [6.45, 7) is 1.56. The summed E-state index contributed by atoms with van der Waals surface area (Å²) >= 11 is 0. The summed E-state index contributed by atoms with van der Waals surface area (Å²) in [5, 5.41) is 3.72. The molecule has 0 aliphatic heterocycles. The van der Waals surface area contributed by atoms with E-state index in [1.54, 1.807) is 0 Å². The number of primary amides is 1. The molecule has 0 aliphatic rings. The van der Waals surface area contributed by atoms with Gasteiger partial charge in [-0.15, -0.1) is 5.10 Å². The summed E-state index contributed by atoms with van der Waals surface area (Å²) in [5.74, 6) is -5.11. The van der Waals surface area contributed by atoms with Crippen LogP contribution in [-0.4, -0.2) is 27.3 Å². The Morgan fingerprint density at radius 3 is 2.14 bits per heavy atom. The van der Waals surface area contributed by atoms with Crippen molar-refractivity contribution >= 4 is 17.7 Å². The van der Waals surface area contributed by atoms with Gasteiger partial charge in [-0.05, 0) is 37.3 Å². The Bertz CT molecular complexity index is 1260. The molecule has 0 spiro atoms. The van der Waals surface area contributed by atoms with Crippen LogP contribution in [0.15, 0.2) is 36.7 Å². The fourth-order valence-electron chi connectivity index (χ4n) is 2.96. The molecule has 0 fully saturated rings. The Labute approximate surface area is 191 Å². The van der Waals surface area contributed by atoms with E-state index in [0.717, 1.165) is 24.7 Å². The molecule has 0 bridgehead atoms. The van der Waals surface area contributed by atoms with Crippen molar-refractivity contribution in [2.75, 3.05) is 6.61 Å². The van der Waals surface area contributed by atoms with E-state index in [0.29, 0.717) is 16.8 Å². The van der Waals surface area contributed by atoms with Crippen LogP contribution in [0.25, 0.3) is 23.2 Å². The van der Waals surface area contributed by atoms with Crippen LogP contribution in [0, 0.1) is 11.6 Å². The van der Waals surface area contributed by atoms with Gasteiger partial charge in [-0.1, -0.05) is 0 Å². The second-order valence-electron chi connectivity index (χ2n) is 6.92. The molecule has 1 amide bonds. The Hall–Kier alpha value is -3.97. The number of aromatic nitrogens is 3. The molecule has 0 atom stereocenters. The van der Waals surface area contributed by atoms with Crippen LogP contribution < -0.4 is 10.5 Å². The topological polar surface area (TPSA) is 83.0 Å². The van der Waals surface area contributed by atoms with Gasteiger partial charge in [0, 0.05) is 17.3 Å². The molecule has 3 rings (SSSR count). The summed E-state index contributed by atoms with van der Waals surface area (Å²) in [6.07, 6.45) is -8.57. The second kappa shape index (κ2) is 9.35. The van der Waals surface area contributed by atoms with Gasteiger partial charge in [0.2, 0.25) is 5.82 Å². The third-order valence-electron chi connectivity index (χ3n) is 4.52. The van der Waals surface area contributed by atoms with Crippen molar-refractivity contribution < 1.29 is 44.7 Å². The van der Waals surface area contributed by atoms with Gasteiger partial charge in [-0.25, -0.2) is 14.1 Å². The SMILES string of the molecule is CCOc1ccc(/C(=C\n2cnc(-c3cc(C(F)(F)F)cc(C(F)(F)F)c3)n2)C(N)=O)c(F)c1F. The number of hydrogen-bond acceptors (Lipinski definition) is 4. The van der Waals surface area contributed by atoms with Crippen molar-refractivity contribution in [2.24, 2.45) is 5.73 Å². The molecule has 0 saturated carbocycles. The minimum absolute atomic E-state index is 0.0293. The maximum absolute atomic E-state index is 14.5. The Kier molecular flexibility index (Phi) is 6.85. The minimum atomic E-state index is -5.09. The number of hydrogen-bond donors (Lipinski definition) is 1. The zero-order valence-corrected chi connectivity index (χ0v) is 17.5. The number of carbonyl (C=O) groups is 1. The van der Waals surface area contributed by atoms with E-state index in [-0.39, 0.29) is 12.7 Å². The number of amides is 1. The lowest BCUT2D eigenvalue weighted by Gasteiger charge is -2.13. The average molecular weight is 506 g/mol. The van der Waals surface area contributed by atoms with Gasteiger partial charge in [0.1, 0.15) is 6.33 Å². The van der Waals surface area contributed by atoms with E-state index in [1.807, 2.05) is 0 Å². The van der Waals surface area contributed by atoms with Crippen molar-refractivity contribution in [3.05, 3.63) is 65.0 Å². The van der Waals surface area contributed by atoms with Crippen LogP contribution in [0.1, 0.15) is 23.6 Å². The molecule has 35 heavy (non-hydrogen) atoms. The maximum Gasteiger partial charge on any atom is 0.416 e. The maximum atomic E-state index is 14.5. The molecule has 1 heterocycles. The molecular weight excluding hydrogens is 492 g/mol. The summed E-state index contributed by atoms with van der Waals surface area (Å²) in [7, 11) is 0. The van der Waals surface area contributed by atoms with E-state index >= 15 is 0 Å². The first-order chi connectivity index (χ1) is 16.2. The molecule has 3 aromatic rings. The molecule has 1 aromatic heterocycles. The largest absolute Gasteiger partial charge is 0.491 e. The van der Waals surface area contributed by atoms with Gasteiger partial charge >= 0.3 is 12.4 Å². The monoisotopic (exact) mass is 506 g/mol. The lowest BCUT2D eigenvalue weighted by molar-refractivity contribution is -0.143. The van der Waals surface area contributed by atoms with Crippen LogP contribution >= 0.6 is 0 Å². The van der Waals surface area contributed by atoms with Crippen molar-refractivity contribution in [3.8, 4) is 17.1 Å². The molecule has 0 radical (unpaired) electrons. The van der Waals surface area contributed by atoms with Crippen LogP contribution in [0.2, 0.25) is 0 Å². The quantitative estimate of drug-likeness (QED) is 0.371. The summed E-state index contributed by atoms with van der Waals surface area (Å²) < 4.78 is 113. The van der Waals surface area contributed by atoms with E-state index in [1.165, 1.54) is 6.92 Å². The highest BCUT2D eigenvalue weighted by atomic mass is 19.4. The zero-order valence-electron chi connectivity index (χ0n) is 17.5. The molecule has 6 nitrogen and oxygen atoms in total. The first kappa shape index (κ1) is 25.6. The lowest BCUT2D eigenvalue weighted by Crippen LogP contribution is -2.15. The van der Waals surface area contributed by atoms with E-state index < -0.39 is 69.3 Å². The molecule has 0 saturated heterocycles. The third-order valence-corrected chi connectivity index (χ3v) is 4.52. The highest BCUT2D eigenvalue weighted by Crippen LogP contribution is 2.38. The van der Waals surface area contributed by atoms with E-state index in [9.17, 15) is 39.9 Å². The predicted molar refractivity (Wildman–Crippen MR) is 106 cm³/mol. The number of rotatable bonds is 6. The van der Waals surface area contributed by atoms with Gasteiger partial charge in [-0.2, -0.15) is 30.7 Å². The molecule has 14 heteroatoms. The van der Waals surface area contributed by atoms with Gasteiger partial charge in [-0.3, -0.25) is 4.79 Å².